The fraction of sp³-hybridized carbons (Fsp3) is 0.0714. The van der Waals surface area contributed by atoms with E-state index in [-0.39, 0.29) is 18.3 Å². The molecule has 0 aliphatic carbocycles. The molecule has 3 nitrogen and oxygen atoms in total. The van der Waals surface area contributed by atoms with Gasteiger partial charge >= 0.3 is 0 Å². The van der Waals surface area contributed by atoms with E-state index in [2.05, 4.69) is 0 Å². The van der Waals surface area contributed by atoms with Crippen molar-refractivity contribution >= 4 is 24.0 Å². The number of hydrogen-bond acceptors (Lipinski definition) is 2. The predicted molar refractivity (Wildman–Crippen MR) is 74.0 cm³/mol. The third kappa shape index (κ3) is 3.09. The molecule has 0 atom stereocenters. The van der Waals surface area contributed by atoms with Gasteiger partial charge in [-0.2, -0.15) is 5.06 Å². The smallest absolute Gasteiger partial charge is 0.269 e. The van der Waals surface area contributed by atoms with Crippen LogP contribution < -0.4 is 5.06 Å². The van der Waals surface area contributed by atoms with Crippen molar-refractivity contribution in [2.24, 2.45) is 0 Å². The maximum Gasteiger partial charge on any atom is 0.282 e. The lowest BCUT2D eigenvalue weighted by Gasteiger charge is -2.19. The summed E-state index contributed by atoms with van der Waals surface area (Å²) in [5, 5.41) is 1.27. The van der Waals surface area contributed by atoms with E-state index in [1.165, 1.54) is 12.2 Å². The highest BCUT2D eigenvalue weighted by Crippen LogP contribution is 2.16. The lowest BCUT2D eigenvalue weighted by Crippen LogP contribution is -2.29. The van der Waals surface area contributed by atoms with Crippen LogP contribution in [-0.4, -0.2) is 13.0 Å². The Bertz CT molecular complexity index is 488. The molecule has 18 heavy (non-hydrogen) atoms. The third-order valence-corrected chi connectivity index (χ3v) is 2.38. The Kier molecular flexibility index (Phi) is 5.36. The highest BCUT2D eigenvalue weighted by Gasteiger charge is 2.16. The number of carbonyl (C=O) groups is 1. The summed E-state index contributed by atoms with van der Waals surface area (Å²) in [5.74, 6) is -0.181. The van der Waals surface area contributed by atoms with Gasteiger partial charge in [-0.25, -0.2) is 0 Å². The Morgan fingerprint density at radius 2 is 1.44 bits per heavy atom. The van der Waals surface area contributed by atoms with Crippen molar-refractivity contribution in [3.63, 3.8) is 0 Å². The van der Waals surface area contributed by atoms with Crippen LogP contribution >= 0.6 is 12.4 Å². The van der Waals surface area contributed by atoms with Crippen LogP contribution in [0.25, 0.3) is 0 Å². The van der Waals surface area contributed by atoms with Gasteiger partial charge in [-0.1, -0.05) is 36.4 Å². The zero-order valence-electron chi connectivity index (χ0n) is 9.95. The van der Waals surface area contributed by atoms with E-state index in [0.717, 1.165) is 0 Å². The second kappa shape index (κ2) is 6.79. The van der Waals surface area contributed by atoms with Gasteiger partial charge in [0.05, 0.1) is 12.8 Å². The standard InChI is InChI=1S/C14H13NO2.ClH/c1-17-15(13-10-6-3-7-11-13)14(16)12-8-4-2-5-9-12;/h2-11H,1H3;1H. The monoisotopic (exact) mass is 263 g/mol. The number of halogens is 1. The lowest BCUT2D eigenvalue weighted by molar-refractivity contribution is 0.0773. The fourth-order valence-electron chi connectivity index (χ4n) is 1.57. The van der Waals surface area contributed by atoms with Gasteiger partial charge in [-0.05, 0) is 24.3 Å². The Morgan fingerprint density at radius 1 is 0.944 bits per heavy atom. The summed E-state index contributed by atoms with van der Waals surface area (Å²) in [6.07, 6.45) is 0. The van der Waals surface area contributed by atoms with Crippen LogP contribution in [0.1, 0.15) is 10.4 Å². The Balaban J connectivity index is 0.00000162. The van der Waals surface area contributed by atoms with E-state index in [1.54, 1.807) is 12.1 Å². The molecule has 0 N–H and O–H groups in total. The summed E-state index contributed by atoms with van der Waals surface area (Å²) in [6, 6.07) is 18.3. The molecule has 0 saturated carbocycles. The molecule has 4 heteroatoms. The molecule has 0 heterocycles. The van der Waals surface area contributed by atoms with Crippen molar-refractivity contribution in [1.82, 2.24) is 0 Å². The molecule has 2 rings (SSSR count). The van der Waals surface area contributed by atoms with Crippen molar-refractivity contribution in [1.29, 1.82) is 0 Å². The van der Waals surface area contributed by atoms with E-state index in [4.69, 9.17) is 4.84 Å². The van der Waals surface area contributed by atoms with Crippen LogP contribution in [0.3, 0.4) is 0 Å². The molecule has 0 fully saturated rings. The molecular weight excluding hydrogens is 250 g/mol. The lowest BCUT2D eigenvalue weighted by atomic mass is 10.2. The van der Waals surface area contributed by atoms with Crippen LogP contribution in [0, 0.1) is 0 Å². The summed E-state index contributed by atoms with van der Waals surface area (Å²) < 4.78 is 0. The molecule has 1 amide bonds. The van der Waals surface area contributed by atoms with Crippen molar-refractivity contribution < 1.29 is 9.63 Å². The number of carbonyl (C=O) groups excluding carboxylic acids is 1. The number of benzene rings is 2. The minimum atomic E-state index is -0.181. The van der Waals surface area contributed by atoms with Crippen molar-refractivity contribution in [3.8, 4) is 0 Å². The Morgan fingerprint density at radius 3 is 1.94 bits per heavy atom. The van der Waals surface area contributed by atoms with Gasteiger partial charge in [0.2, 0.25) is 0 Å². The normalized spacial score (nSPS) is 9.39. The van der Waals surface area contributed by atoms with Gasteiger partial charge in [0.1, 0.15) is 0 Å². The van der Waals surface area contributed by atoms with Crippen LogP contribution in [0.5, 0.6) is 0 Å². The first-order valence-electron chi connectivity index (χ1n) is 5.31. The van der Waals surface area contributed by atoms with Gasteiger partial charge in [-0.3, -0.25) is 9.63 Å². The minimum Gasteiger partial charge on any atom is -0.269 e. The van der Waals surface area contributed by atoms with Crippen LogP contribution in [0.2, 0.25) is 0 Å². The number of nitrogens with zero attached hydrogens (tertiary/aromatic N) is 1. The third-order valence-electron chi connectivity index (χ3n) is 2.38. The van der Waals surface area contributed by atoms with E-state index in [1.807, 2.05) is 48.5 Å². The van der Waals surface area contributed by atoms with Gasteiger partial charge in [0.15, 0.2) is 0 Å². The quantitative estimate of drug-likeness (QED) is 0.795. The van der Waals surface area contributed by atoms with Crippen molar-refractivity contribution in [2.45, 2.75) is 0 Å². The maximum atomic E-state index is 12.2. The summed E-state index contributed by atoms with van der Waals surface area (Å²) in [5.41, 5.74) is 1.31. The first-order valence-corrected chi connectivity index (χ1v) is 5.31. The number of para-hydroxylation sites is 1. The molecule has 0 unspecified atom stereocenters. The maximum absolute atomic E-state index is 12.2. The highest BCUT2D eigenvalue weighted by atomic mass is 35.5. The van der Waals surface area contributed by atoms with E-state index >= 15 is 0 Å². The minimum absolute atomic E-state index is 0. The largest absolute Gasteiger partial charge is 0.282 e. The summed E-state index contributed by atoms with van der Waals surface area (Å²) >= 11 is 0. The second-order valence-electron chi connectivity index (χ2n) is 3.48. The molecule has 0 bridgehead atoms. The van der Waals surface area contributed by atoms with E-state index in [9.17, 15) is 4.79 Å². The van der Waals surface area contributed by atoms with Crippen LogP contribution in [0.15, 0.2) is 60.7 Å². The number of hydrogen-bond donors (Lipinski definition) is 0. The molecule has 0 aliphatic rings. The van der Waals surface area contributed by atoms with Gasteiger partial charge in [0, 0.05) is 5.56 Å². The van der Waals surface area contributed by atoms with Crippen molar-refractivity contribution in [2.75, 3.05) is 12.2 Å². The molecular formula is C14H14ClNO2. The SMILES string of the molecule is CON(C(=O)c1ccccc1)c1ccccc1.Cl. The summed E-state index contributed by atoms with van der Waals surface area (Å²) in [4.78, 5) is 17.3. The summed E-state index contributed by atoms with van der Waals surface area (Å²) in [7, 11) is 1.48. The van der Waals surface area contributed by atoms with E-state index in [0.29, 0.717) is 11.3 Å². The zero-order chi connectivity index (χ0) is 12.1. The van der Waals surface area contributed by atoms with Gasteiger partial charge in [0.25, 0.3) is 5.91 Å². The number of rotatable bonds is 3. The zero-order valence-corrected chi connectivity index (χ0v) is 10.8. The molecule has 2 aromatic rings. The fourth-order valence-corrected chi connectivity index (χ4v) is 1.57. The average molecular weight is 264 g/mol. The number of amides is 1. The Hall–Kier alpha value is -1.84. The highest BCUT2D eigenvalue weighted by molar-refractivity contribution is 6.04. The molecule has 0 aliphatic heterocycles. The second-order valence-corrected chi connectivity index (χ2v) is 3.48. The van der Waals surface area contributed by atoms with Crippen LogP contribution in [-0.2, 0) is 4.84 Å². The Labute approximate surface area is 112 Å². The summed E-state index contributed by atoms with van der Waals surface area (Å²) in [6.45, 7) is 0. The van der Waals surface area contributed by atoms with E-state index < -0.39 is 0 Å². The van der Waals surface area contributed by atoms with Gasteiger partial charge in [-0.15, -0.1) is 12.4 Å². The molecule has 0 aromatic heterocycles. The molecule has 0 saturated heterocycles. The van der Waals surface area contributed by atoms with Crippen LogP contribution in [0.4, 0.5) is 5.69 Å². The molecule has 0 radical (unpaired) electrons. The van der Waals surface area contributed by atoms with Gasteiger partial charge < -0.3 is 0 Å². The molecule has 0 spiro atoms. The predicted octanol–water partition coefficient (Wildman–Crippen LogP) is 3.32. The topological polar surface area (TPSA) is 29.5 Å². The van der Waals surface area contributed by atoms with Crippen molar-refractivity contribution in [3.05, 3.63) is 66.2 Å². The first-order chi connectivity index (χ1) is 8.33. The molecule has 94 valence electrons. The number of hydroxylamine groups is 1. The average Bonchev–Trinajstić information content (AvgIpc) is 2.42. The molecule has 2 aromatic carbocycles. The first kappa shape index (κ1) is 14.2. The number of anilines is 1.